The molecule has 3 aromatic rings. The average molecular weight is 305 g/mol. The Morgan fingerprint density at radius 3 is 2.95 bits per heavy atom. The van der Waals surface area contributed by atoms with E-state index in [2.05, 4.69) is 30.9 Å². The van der Waals surface area contributed by atoms with Gasteiger partial charge in [-0.3, -0.25) is 10.1 Å². The molecule has 0 spiro atoms. The third kappa shape index (κ3) is 2.52. The first kappa shape index (κ1) is 13.4. The van der Waals surface area contributed by atoms with Crippen molar-refractivity contribution in [2.24, 2.45) is 0 Å². The van der Waals surface area contributed by atoms with E-state index in [1.54, 1.807) is 13.0 Å². The van der Waals surface area contributed by atoms with Crippen molar-refractivity contribution in [3.8, 4) is 0 Å². The summed E-state index contributed by atoms with van der Waals surface area (Å²) in [5, 5.41) is 28.7. The van der Waals surface area contributed by atoms with Crippen LogP contribution in [0.5, 0.6) is 0 Å². The zero-order valence-electron chi connectivity index (χ0n) is 11.2. The number of nitro groups is 1. The first-order valence-corrected chi connectivity index (χ1v) is 6.91. The van der Waals surface area contributed by atoms with Gasteiger partial charge in [0.25, 0.3) is 5.69 Å². The molecular weight excluding hydrogens is 294 g/mol. The van der Waals surface area contributed by atoms with Crippen molar-refractivity contribution in [1.82, 2.24) is 25.6 Å². The maximum absolute atomic E-state index is 11.2. The maximum atomic E-state index is 11.2. The number of aromatic amines is 1. The first-order valence-electron chi connectivity index (χ1n) is 6.10. The van der Waals surface area contributed by atoms with Crippen LogP contribution in [0.15, 0.2) is 12.1 Å². The van der Waals surface area contributed by atoms with Crippen molar-refractivity contribution >= 4 is 32.9 Å². The number of hydrogen-bond acceptors (Lipinski definition) is 8. The Morgan fingerprint density at radius 2 is 2.29 bits per heavy atom. The van der Waals surface area contributed by atoms with Gasteiger partial charge in [0.05, 0.1) is 26.2 Å². The van der Waals surface area contributed by atoms with Crippen LogP contribution in [-0.2, 0) is 0 Å². The van der Waals surface area contributed by atoms with Gasteiger partial charge in [-0.1, -0.05) is 5.21 Å². The van der Waals surface area contributed by atoms with E-state index in [-0.39, 0.29) is 11.7 Å². The average Bonchev–Trinajstić information content (AvgIpc) is 3.05. The molecule has 10 heteroatoms. The van der Waals surface area contributed by atoms with Gasteiger partial charge >= 0.3 is 0 Å². The number of anilines is 1. The summed E-state index contributed by atoms with van der Waals surface area (Å²) in [5.74, 6) is 0.429. The van der Waals surface area contributed by atoms with E-state index in [4.69, 9.17) is 0 Å². The van der Waals surface area contributed by atoms with Crippen molar-refractivity contribution in [2.75, 3.05) is 5.32 Å². The van der Waals surface area contributed by atoms with Gasteiger partial charge in [-0.25, -0.2) is 4.98 Å². The van der Waals surface area contributed by atoms with Crippen LogP contribution < -0.4 is 5.32 Å². The second-order valence-electron chi connectivity index (χ2n) is 4.46. The van der Waals surface area contributed by atoms with Crippen LogP contribution in [0, 0.1) is 17.0 Å². The molecule has 0 saturated carbocycles. The summed E-state index contributed by atoms with van der Waals surface area (Å²) in [6, 6.07) is 2.89. The molecule has 0 radical (unpaired) electrons. The van der Waals surface area contributed by atoms with Crippen LogP contribution in [0.25, 0.3) is 10.2 Å². The van der Waals surface area contributed by atoms with E-state index in [0.29, 0.717) is 11.5 Å². The second-order valence-corrected chi connectivity index (χ2v) is 5.70. The number of aromatic nitrogens is 5. The highest BCUT2D eigenvalue weighted by atomic mass is 32.1. The molecule has 0 amide bonds. The molecule has 2 aromatic heterocycles. The summed E-state index contributed by atoms with van der Waals surface area (Å²) in [7, 11) is 0. The number of nitrogens with one attached hydrogen (secondary N) is 2. The molecule has 2 N–H and O–H groups in total. The van der Waals surface area contributed by atoms with E-state index < -0.39 is 4.92 Å². The Hall–Kier alpha value is -2.62. The summed E-state index contributed by atoms with van der Waals surface area (Å²) in [6.45, 7) is 3.66. The van der Waals surface area contributed by atoms with Crippen LogP contribution in [0.3, 0.4) is 0 Å². The predicted molar refractivity (Wildman–Crippen MR) is 77.2 cm³/mol. The van der Waals surface area contributed by atoms with E-state index in [1.807, 2.05) is 6.92 Å². The van der Waals surface area contributed by atoms with Crippen molar-refractivity contribution in [3.05, 3.63) is 33.1 Å². The summed E-state index contributed by atoms with van der Waals surface area (Å²) in [4.78, 5) is 15.2. The molecule has 0 saturated heterocycles. The monoisotopic (exact) mass is 305 g/mol. The SMILES string of the molecule is Cc1nc2cc(NC(C)c3nn[nH]n3)c([N+](=O)[O-])cc2s1. The molecule has 21 heavy (non-hydrogen) atoms. The van der Waals surface area contributed by atoms with Gasteiger partial charge in [-0.15, -0.1) is 21.5 Å². The Kier molecular flexibility index (Phi) is 3.22. The fourth-order valence-electron chi connectivity index (χ4n) is 2.00. The number of aryl methyl sites for hydroxylation is 1. The van der Waals surface area contributed by atoms with Crippen LogP contribution in [-0.4, -0.2) is 30.5 Å². The van der Waals surface area contributed by atoms with Gasteiger partial charge in [0, 0.05) is 6.07 Å². The molecule has 1 atom stereocenters. The number of nitrogens with zero attached hydrogens (tertiary/aromatic N) is 5. The van der Waals surface area contributed by atoms with Crippen LogP contribution in [0.4, 0.5) is 11.4 Å². The third-order valence-electron chi connectivity index (χ3n) is 2.93. The molecule has 1 aromatic carbocycles. The minimum atomic E-state index is -0.417. The van der Waals surface area contributed by atoms with Gasteiger partial charge in [0.2, 0.25) is 0 Å². The Labute approximate surface area is 122 Å². The van der Waals surface area contributed by atoms with E-state index in [9.17, 15) is 10.1 Å². The van der Waals surface area contributed by atoms with Crippen molar-refractivity contribution < 1.29 is 4.92 Å². The normalized spacial score (nSPS) is 12.5. The predicted octanol–water partition coefficient (Wildman–Crippen LogP) is 2.20. The van der Waals surface area contributed by atoms with Gasteiger partial charge in [-0.05, 0) is 19.9 Å². The van der Waals surface area contributed by atoms with E-state index in [1.165, 1.54) is 17.4 Å². The molecule has 0 aliphatic heterocycles. The zero-order valence-corrected chi connectivity index (χ0v) is 12.0. The van der Waals surface area contributed by atoms with Crippen LogP contribution in [0.1, 0.15) is 23.8 Å². The number of fused-ring (bicyclic) bond motifs is 1. The molecule has 2 heterocycles. The van der Waals surface area contributed by atoms with Gasteiger partial charge in [0.1, 0.15) is 5.69 Å². The fraction of sp³-hybridized carbons (Fsp3) is 0.273. The Bertz CT molecular complexity index is 798. The lowest BCUT2D eigenvalue weighted by Crippen LogP contribution is -2.10. The summed E-state index contributed by atoms with van der Waals surface area (Å²) >= 11 is 1.43. The molecular formula is C11H11N7O2S. The second kappa shape index (κ2) is 5.05. The largest absolute Gasteiger partial charge is 0.370 e. The number of benzene rings is 1. The fourth-order valence-corrected chi connectivity index (χ4v) is 2.84. The number of H-pyrrole nitrogens is 1. The van der Waals surface area contributed by atoms with Crippen molar-refractivity contribution in [3.63, 3.8) is 0 Å². The lowest BCUT2D eigenvalue weighted by Gasteiger charge is -2.11. The molecule has 0 bridgehead atoms. The number of hydrogen-bond donors (Lipinski definition) is 2. The molecule has 0 aliphatic rings. The van der Waals surface area contributed by atoms with Crippen LogP contribution in [0.2, 0.25) is 0 Å². The highest BCUT2D eigenvalue weighted by Gasteiger charge is 2.20. The molecule has 1 unspecified atom stereocenters. The van der Waals surface area contributed by atoms with Crippen molar-refractivity contribution in [1.29, 1.82) is 0 Å². The number of thiazole rings is 1. The third-order valence-corrected chi connectivity index (χ3v) is 3.86. The molecule has 108 valence electrons. The highest BCUT2D eigenvalue weighted by molar-refractivity contribution is 7.18. The standard InChI is InChI=1S/C11H11N7O2S/c1-5(11-14-16-17-15-11)12-7-3-8-10(21-6(2)13-8)4-9(7)18(19)20/h3-5,12H,1-2H3,(H,14,15,16,17). The summed E-state index contributed by atoms with van der Waals surface area (Å²) in [6.07, 6.45) is 0. The minimum Gasteiger partial charge on any atom is -0.370 e. The number of nitro benzene ring substituents is 1. The number of rotatable bonds is 4. The Balaban J connectivity index is 2.03. The quantitative estimate of drug-likeness (QED) is 0.559. The van der Waals surface area contributed by atoms with Crippen LogP contribution >= 0.6 is 11.3 Å². The lowest BCUT2D eigenvalue weighted by molar-refractivity contribution is -0.383. The topological polar surface area (TPSA) is 123 Å². The van der Waals surface area contributed by atoms with Crippen molar-refractivity contribution in [2.45, 2.75) is 19.9 Å². The smallest absolute Gasteiger partial charge is 0.293 e. The highest BCUT2D eigenvalue weighted by Crippen LogP contribution is 2.34. The molecule has 3 rings (SSSR count). The minimum absolute atomic E-state index is 0.00138. The summed E-state index contributed by atoms with van der Waals surface area (Å²) in [5.41, 5.74) is 1.11. The van der Waals surface area contributed by atoms with E-state index >= 15 is 0 Å². The van der Waals surface area contributed by atoms with Gasteiger partial charge < -0.3 is 5.32 Å². The zero-order chi connectivity index (χ0) is 15.0. The van der Waals surface area contributed by atoms with E-state index in [0.717, 1.165) is 15.2 Å². The first-order chi connectivity index (χ1) is 10.0. The Morgan fingerprint density at radius 1 is 1.48 bits per heavy atom. The molecule has 0 aliphatic carbocycles. The number of tetrazole rings is 1. The molecule has 0 fully saturated rings. The van der Waals surface area contributed by atoms with Gasteiger partial charge in [0.15, 0.2) is 5.82 Å². The lowest BCUT2D eigenvalue weighted by atomic mass is 10.2. The summed E-state index contributed by atoms with van der Waals surface area (Å²) < 4.78 is 0.789. The van der Waals surface area contributed by atoms with Gasteiger partial charge in [-0.2, -0.15) is 5.21 Å². The maximum Gasteiger partial charge on any atom is 0.293 e. The molecule has 9 nitrogen and oxygen atoms in total.